The number of para-hydroxylation sites is 1. The van der Waals surface area contributed by atoms with Crippen molar-refractivity contribution < 1.29 is 9.18 Å². The molecule has 0 aliphatic carbocycles. The van der Waals surface area contributed by atoms with Crippen LogP contribution in [0.15, 0.2) is 53.4 Å². The Morgan fingerprint density at radius 3 is 2.83 bits per heavy atom. The third kappa shape index (κ3) is 2.80. The Kier molecular flexibility index (Phi) is 4.02. The summed E-state index contributed by atoms with van der Waals surface area (Å²) >= 11 is 1.26. The molecule has 0 atom stereocenters. The van der Waals surface area contributed by atoms with Crippen molar-refractivity contribution in [3.8, 4) is 0 Å². The normalized spacial score (nSPS) is 14.0. The summed E-state index contributed by atoms with van der Waals surface area (Å²) in [5, 5.41) is 1.19. The van der Waals surface area contributed by atoms with Crippen molar-refractivity contribution in [1.82, 2.24) is 9.88 Å². The predicted octanol–water partition coefficient (Wildman–Crippen LogP) is 3.98. The van der Waals surface area contributed by atoms with Gasteiger partial charge in [0.2, 0.25) is 5.91 Å². The zero-order chi connectivity index (χ0) is 16.5. The first-order valence-electron chi connectivity index (χ1n) is 7.96. The fourth-order valence-electron chi connectivity index (χ4n) is 3.17. The number of aromatic nitrogens is 1. The van der Waals surface area contributed by atoms with E-state index in [0.29, 0.717) is 18.0 Å². The predicted molar refractivity (Wildman–Crippen MR) is 94.5 cm³/mol. The number of nitrogens with one attached hydrogen (secondary N) is 1. The SMILES string of the molecule is O=C(CSc1ccccc1F)N1CCc2[nH]c3ccccc3c2C1. The summed E-state index contributed by atoms with van der Waals surface area (Å²) in [7, 11) is 0. The van der Waals surface area contributed by atoms with Crippen LogP contribution >= 0.6 is 11.8 Å². The minimum absolute atomic E-state index is 0.0548. The van der Waals surface area contributed by atoms with E-state index in [4.69, 9.17) is 0 Å². The second-order valence-corrected chi connectivity index (χ2v) is 6.93. The molecule has 1 aliphatic rings. The molecule has 122 valence electrons. The molecule has 24 heavy (non-hydrogen) atoms. The van der Waals surface area contributed by atoms with E-state index < -0.39 is 0 Å². The molecule has 0 unspecified atom stereocenters. The zero-order valence-electron chi connectivity index (χ0n) is 13.1. The number of fused-ring (bicyclic) bond motifs is 3. The Morgan fingerprint density at radius 1 is 1.17 bits per heavy atom. The Bertz CT molecular complexity index is 905. The van der Waals surface area contributed by atoms with Gasteiger partial charge >= 0.3 is 0 Å². The van der Waals surface area contributed by atoms with Crippen molar-refractivity contribution in [3.05, 3.63) is 65.6 Å². The molecule has 4 rings (SSSR count). The van der Waals surface area contributed by atoms with E-state index in [-0.39, 0.29) is 17.5 Å². The fraction of sp³-hybridized carbons (Fsp3) is 0.211. The van der Waals surface area contributed by atoms with E-state index >= 15 is 0 Å². The topological polar surface area (TPSA) is 36.1 Å². The molecule has 3 nitrogen and oxygen atoms in total. The highest BCUT2D eigenvalue weighted by Crippen LogP contribution is 2.28. The number of carbonyl (C=O) groups is 1. The van der Waals surface area contributed by atoms with Gasteiger partial charge in [0.25, 0.3) is 0 Å². The summed E-state index contributed by atoms with van der Waals surface area (Å²) in [6.07, 6.45) is 0.833. The summed E-state index contributed by atoms with van der Waals surface area (Å²) in [5.74, 6) is 0.0468. The minimum atomic E-state index is -0.271. The average molecular weight is 340 g/mol. The van der Waals surface area contributed by atoms with Gasteiger partial charge in [-0.05, 0) is 18.2 Å². The maximum absolute atomic E-state index is 13.7. The van der Waals surface area contributed by atoms with E-state index in [9.17, 15) is 9.18 Å². The Labute approximate surface area is 143 Å². The molecule has 1 aromatic heterocycles. The molecule has 0 radical (unpaired) electrons. The monoisotopic (exact) mass is 340 g/mol. The first-order chi connectivity index (χ1) is 11.7. The summed E-state index contributed by atoms with van der Waals surface area (Å²) in [6.45, 7) is 1.33. The number of hydrogen-bond acceptors (Lipinski definition) is 2. The van der Waals surface area contributed by atoms with Crippen molar-refractivity contribution in [2.24, 2.45) is 0 Å². The van der Waals surface area contributed by atoms with Gasteiger partial charge in [-0.1, -0.05) is 30.3 Å². The first kappa shape index (κ1) is 15.3. The second-order valence-electron chi connectivity index (χ2n) is 5.91. The molecule has 2 aromatic carbocycles. The number of amides is 1. The Hall–Kier alpha value is -2.27. The maximum atomic E-state index is 13.7. The number of halogens is 1. The molecule has 0 spiro atoms. The number of hydrogen-bond donors (Lipinski definition) is 1. The number of thioether (sulfide) groups is 1. The van der Waals surface area contributed by atoms with Gasteiger partial charge in [-0.25, -0.2) is 4.39 Å². The molecule has 1 aliphatic heterocycles. The second kappa shape index (κ2) is 6.32. The van der Waals surface area contributed by atoms with Crippen molar-refractivity contribution in [2.45, 2.75) is 17.9 Å². The lowest BCUT2D eigenvalue weighted by atomic mass is 10.0. The number of carbonyl (C=O) groups excluding carboxylic acids is 1. The Balaban J connectivity index is 1.48. The fourth-order valence-corrected chi connectivity index (χ4v) is 4.01. The zero-order valence-corrected chi connectivity index (χ0v) is 13.9. The van der Waals surface area contributed by atoms with Gasteiger partial charge in [-0.3, -0.25) is 4.79 Å². The molecular weight excluding hydrogens is 323 g/mol. The van der Waals surface area contributed by atoms with Crippen LogP contribution in [0, 0.1) is 5.82 Å². The summed E-state index contributed by atoms with van der Waals surface area (Å²) in [4.78, 5) is 18.4. The molecular formula is C19H17FN2OS. The van der Waals surface area contributed by atoms with Crippen LogP contribution in [0.1, 0.15) is 11.3 Å². The third-order valence-electron chi connectivity index (χ3n) is 4.42. The molecule has 1 amide bonds. The highest BCUT2D eigenvalue weighted by atomic mass is 32.2. The van der Waals surface area contributed by atoms with Crippen molar-refractivity contribution >= 4 is 28.6 Å². The molecule has 0 fully saturated rings. The van der Waals surface area contributed by atoms with Crippen molar-refractivity contribution in [2.75, 3.05) is 12.3 Å². The van der Waals surface area contributed by atoms with Crippen LogP contribution in [-0.2, 0) is 17.8 Å². The van der Waals surface area contributed by atoms with Gasteiger partial charge in [0, 0.05) is 46.6 Å². The van der Waals surface area contributed by atoms with Crippen LogP contribution < -0.4 is 0 Å². The number of benzene rings is 2. The lowest BCUT2D eigenvalue weighted by Gasteiger charge is -2.27. The number of aromatic amines is 1. The van der Waals surface area contributed by atoms with Crippen LogP contribution in [0.2, 0.25) is 0 Å². The Morgan fingerprint density at radius 2 is 1.96 bits per heavy atom. The van der Waals surface area contributed by atoms with E-state index in [0.717, 1.165) is 11.9 Å². The molecule has 1 N–H and O–H groups in total. The molecule has 0 saturated heterocycles. The van der Waals surface area contributed by atoms with Crippen LogP contribution in [0.25, 0.3) is 10.9 Å². The number of H-pyrrole nitrogens is 1. The maximum Gasteiger partial charge on any atom is 0.233 e. The average Bonchev–Trinajstić information content (AvgIpc) is 2.98. The van der Waals surface area contributed by atoms with Crippen LogP contribution in [0.4, 0.5) is 4.39 Å². The van der Waals surface area contributed by atoms with E-state index in [2.05, 4.69) is 17.1 Å². The van der Waals surface area contributed by atoms with Gasteiger partial charge in [-0.2, -0.15) is 0 Å². The van der Waals surface area contributed by atoms with Crippen molar-refractivity contribution in [3.63, 3.8) is 0 Å². The van der Waals surface area contributed by atoms with Gasteiger partial charge in [0.1, 0.15) is 5.82 Å². The van der Waals surface area contributed by atoms with Crippen molar-refractivity contribution in [1.29, 1.82) is 0 Å². The minimum Gasteiger partial charge on any atom is -0.358 e. The summed E-state index contributed by atoms with van der Waals surface area (Å²) in [5.41, 5.74) is 3.56. The highest BCUT2D eigenvalue weighted by Gasteiger charge is 2.24. The lowest BCUT2D eigenvalue weighted by Crippen LogP contribution is -2.36. The van der Waals surface area contributed by atoms with Crippen LogP contribution in [-0.4, -0.2) is 28.1 Å². The van der Waals surface area contributed by atoms with Crippen LogP contribution in [0.3, 0.4) is 0 Å². The van der Waals surface area contributed by atoms with Gasteiger partial charge in [0.15, 0.2) is 0 Å². The third-order valence-corrected chi connectivity index (χ3v) is 5.46. The summed E-state index contributed by atoms with van der Waals surface area (Å²) < 4.78 is 13.7. The molecule has 2 heterocycles. The molecule has 0 saturated carbocycles. The smallest absolute Gasteiger partial charge is 0.233 e. The lowest BCUT2D eigenvalue weighted by molar-refractivity contribution is -0.129. The highest BCUT2D eigenvalue weighted by molar-refractivity contribution is 8.00. The summed E-state index contributed by atoms with van der Waals surface area (Å²) in [6, 6.07) is 14.8. The van der Waals surface area contributed by atoms with Gasteiger partial charge in [0.05, 0.1) is 5.75 Å². The van der Waals surface area contributed by atoms with Crippen LogP contribution in [0.5, 0.6) is 0 Å². The van der Waals surface area contributed by atoms with E-state index in [1.54, 1.807) is 18.2 Å². The first-order valence-corrected chi connectivity index (χ1v) is 8.94. The largest absolute Gasteiger partial charge is 0.358 e. The number of nitrogens with zero attached hydrogens (tertiary/aromatic N) is 1. The number of rotatable bonds is 3. The molecule has 0 bridgehead atoms. The molecule has 3 aromatic rings. The molecule has 5 heteroatoms. The van der Waals surface area contributed by atoms with E-state index in [1.807, 2.05) is 17.0 Å². The standard InChI is InChI=1S/C19H17FN2OS/c20-15-6-2-4-8-18(15)24-12-19(23)22-10-9-17-14(11-22)13-5-1-3-7-16(13)21-17/h1-8,21H,9-12H2. The van der Waals surface area contributed by atoms with Gasteiger partial charge in [-0.15, -0.1) is 11.8 Å². The van der Waals surface area contributed by atoms with E-state index in [1.165, 1.54) is 34.5 Å². The van der Waals surface area contributed by atoms with Gasteiger partial charge < -0.3 is 9.88 Å². The quantitative estimate of drug-likeness (QED) is 0.732.